The van der Waals surface area contributed by atoms with E-state index in [0.29, 0.717) is 17.7 Å². The average Bonchev–Trinajstić information content (AvgIpc) is 3.28. The lowest BCUT2D eigenvalue weighted by molar-refractivity contribution is 0.0587. The van der Waals surface area contributed by atoms with Crippen molar-refractivity contribution < 1.29 is 14.3 Å². The summed E-state index contributed by atoms with van der Waals surface area (Å²) in [5.41, 5.74) is 4.92. The van der Waals surface area contributed by atoms with Crippen LogP contribution in [0.1, 0.15) is 43.8 Å². The van der Waals surface area contributed by atoms with E-state index < -0.39 is 0 Å². The smallest absolute Gasteiger partial charge is 0.261 e. The fraction of sp³-hybridized carbons (Fsp3) is 0.300. The maximum Gasteiger partial charge on any atom is 0.261 e. The van der Waals surface area contributed by atoms with Crippen LogP contribution in [-0.4, -0.2) is 29.4 Å². The summed E-state index contributed by atoms with van der Waals surface area (Å²) in [5.74, 6) is 0.590. The molecule has 0 bridgehead atoms. The van der Waals surface area contributed by atoms with Gasteiger partial charge >= 0.3 is 0 Å². The molecular formula is C20H17NO3. The molecule has 4 heteroatoms. The molecular weight excluding hydrogens is 302 g/mol. The fourth-order valence-corrected chi connectivity index (χ4v) is 4.15. The highest BCUT2D eigenvalue weighted by molar-refractivity contribution is 6.21. The molecule has 0 saturated carbocycles. The number of nitrogens with zero attached hydrogens (tertiary/aromatic N) is 1. The van der Waals surface area contributed by atoms with Crippen LogP contribution in [0, 0.1) is 0 Å². The van der Waals surface area contributed by atoms with Crippen LogP contribution >= 0.6 is 0 Å². The van der Waals surface area contributed by atoms with Crippen molar-refractivity contribution in [3.8, 4) is 5.75 Å². The van der Waals surface area contributed by atoms with Crippen LogP contribution < -0.4 is 4.74 Å². The van der Waals surface area contributed by atoms with Crippen molar-refractivity contribution in [3.05, 3.63) is 64.2 Å². The van der Waals surface area contributed by atoms with Crippen molar-refractivity contribution >= 4 is 11.8 Å². The number of hydrogen-bond acceptors (Lipinski definition) is 3. The molecule has 2 heterocycles. The number of rotatable bonds is 2. The monoisotopic (exact) mass is 319 g/mol. The van der Waals surface area contributed by atoms with Crippen molar-refractivity contribution in [2.45, 2.75) is 31.8 Å². The van der Waals surface area contributed by atoms with E-state index in [0.717, 1.165) is 25.0 Å². The summed E-state index contributed by atoms with van der Waals surface area (Å²) in [6, 6.07) is 11.4. The van der Waals surface area contributed by atoms with Crippen molar-refractivity contribution in [2.75, 3.05) is 6.54 Å². The zero-order valence-corrected chi connectivity index (χ0v) is 13.2. The lowest BCUT2D eigenvalue weighted by Crippen LogP contribution is -2.38. The molecule has 1 atom stereocenters. The first-order chi connectivity index (χ1) is 11.7. The Morgan fingerprint density at radius 2 is 1.67 bits per heavy atom. The summed E-state index contributed by atoms with van der Waals surface area (Å²) >= 11 is 0. The zero-order chi connectivity index (χ0) is 16.3. The summed E-state index contributed by atoms with van der Waals surface area (Å²) in [5, 5.41) is 0. The van der Waals surface area contributed by atoms with E-state index in [4.69, 9.17) is 4.74 Å². The Kier molecular flexibility index (Phi) is 2.84. The van der Waals surface area contributed by atoms with E-state index in [1.54, 1.807) is 24.3 Å². The molecule has 4 nitrogen and oxygen atoms in total. The number of carbonyl (C=O) groups excluding carboxylic acids is 2. The van der Waals surface area contributed by atoms with E-state index in [-0.39, 0.29) is 17.9 Å². The second kappa shape index (κ2) is 4.94. The molecule has 2 aliphatic heterocycles. The number of fused-ring (bicyclic) bond motifs is 4. The van der Waals surface area contributed by atoms with Gasteiger partial charge in [-0.25, -0.2) is 0 Å². The Morgan fingerprint density at radius 3 is 2.42 bits per heavy atom. The van der Waals surface area contributed by atoms with Crippen LogP contribution in [0.25, 0.3) is 0 Å². The SMILES string of the molecule is O=C1c2ccccc2C(=O)N1CC1Cc2ccc3c(c2O1)CCC3. The first kappa shape index (κ1) is 13.8. The Labute approximate surface area is 140 Å². The number of carbonyl (C=O) groups is 2. The maximum absolute atomic E-state index is 12.5. The molecule has 2 aromatic carbocycles. The summed E-state index contributed by atoms with van der Waals surface area (Å²) in [4.78, 5) is 26.3. The minimum absolute atomic E-state index is 0.144. The Bertz CT molecular complexity index is 851. The maximum atomic E-state index is 12.5. The molecule has 2 amide bonds. The minimum Gasteiger partial charge on any atom is -0.488 e. The zero-order valence-electron chi connectivity index (χ0n) is 13.2. The fourth-order valence-electron chi connectivity index (χ4n) is 4.15. The van der Waals surface area contributed by atoms with Gasteiger partial charge in [0.1, 0.15) is 11.9 Å². The first-order valence-electron chi connectivity index (χ1n) is 8.48. The van der Waals surface area contributed by atoms with Crippen molar-refractivity contribution in [2.24, 2.45) is 0 Å². The molecule has 5 rings (SSSR count). The second-order valence-corrected chi connectivity index (χ2v) is 6.76. The van der Waals surface area contributed by atoms with Gasteiger partial charge in [-0.15, -0.1) is 0 Å². The Hall–Kier alpha value is -2.62. The van der Waals surface area contributed by atoms with E-state index >= 15 is 0 Å². The molecule has 0 spiro atoms. The predicted octanol–water partition coefficient (Wildman–Crippen LogP) is 2.78. The van der Waals surface area contributed by atoms with Gasteiger partial charge in [-0.3, -0.25) is 14.5 Å². The van der Waals surface area contributed by atoms with Gasteiger partial charge in [0, 0.05) is 6.42 Å². The van der Waals surface area contributed by atoms with E-state index in [1.165, 1.54) is 28.0 Å². The largest absolute Gasteiger partial charge is 0.488 e. The van der Waals surface area contributed by atoms with Crippen LogP contribution in [0.15, 0.2) is 36.4 Å². The molecule has 0 fully saturated rings. The number of imide groups is 1. The number of hydrogen-bond donors (Lipinski definition) is 0. The van der Waals surface area contributed by atoms with Crippen LogP contribution in [0.2, 0.25) is 0 Å². The summed E-state index contributed by atoms with van der Waals surface area (Å²) in [7, 11) is 0. The molecule has 3 aliphatic rings. The Balaban J connectivity index is 1.39. The molecule has 1 unspecified atom stereocenters. The topological polar surface area (TPSA) is 46.6 Å². The van der Waals surface area contributed by atoms with Crippen LogP contribution in [0.5, 0.6) is 5.75 Å². The molecule has 2 aromatic rings. The molecule has 1 aliphatic carbocycles. The highest BCUT2D eigenvalue weighted by Crippen LogP contribution is 2.39. The summed E-state index contributed by atoms with van der Waals surface area (Å²) in [6.45, 7) is 0.315. The first-order valence-corrected chi connectivity index (χ1v) is 8.48. The third kappa shape index (κ3) is 1.86. The number of ether oxygens (including phenoxy) is 1. The molecule has 0 saturated heterocycles. The third-order valence-corrected chi connectivity index (χ3v) is 5.31. The third-order valence-electron chi connectivity index (χ3n) is 5.31. The molecule has 120 valence electrons. The lowest BCUT2D eigenvalue weighted by atomic mass is 10.0. The van der Waals surface area contributed by atoms with Gasteiger partial charge < -0.3 is 4.74 Å². The number of amides is 2. The van der Waals surface area contributed by atoms with Gasteiger partial charge in [-0.05, 0) is 48.1 Å². The Morgan fingerprint density at radius 1 is 0.958 bits per heavy atom. The average molecular weight is 319 g/mol. The van der Waals surface area contributed by atoms with Gasteiger partial charge in [-0.1, -0.05) is 24.3 Å². The summed E-state index contributed by atoms with van der Waals surface area (Å²) < 4.78 is 6.16. The van der Waals surface area contributed by atoms with Crippen molar-refractivity contribution in [3.63, 3.8) is 0 Å². The van der Waals surface area contributed by atoms with Gasteiger partial charge in [-0.2, -0.15) is 0 Å². The van der Waals surface area contributed by atoms with E-state index in [2.05, 4.69) is 12.1 Å². The van der Waals surface area contributed by atoms with Crippen LogP contribution in [0.3, 0.4) is 0 Å². The van der Waals surface area contributed by atoms with Gasteiger partial charge in [0.2, 0.25) is 0 Å². The van der Waals surface area contributed by atoms with Crippen LogP contribution in [-0.2, 0) is 19.3 Å². The number of benzene rings is 2. The molecule has 0 aromatic heterocycles. The van der Waals surface area contributed by atoms with Crippen molar-refractivity contribution in [1.29, 1.82) is 0 Å². The van der Waals surface area contributed by atoms with Gasteiger partial charge in [0.25, 0.3) is 11.8 Å². The van der Waals surface area contributed by atoms with Crippen molar-refractivity contribution in [1.82, 2.24) is 4.90 Å². The van der Waals surface area contributed by atoms with Gasteiger partial charge in [0.05, 0.1) is 17.7 Å². The lowest BCUT2D eigenvalue weighted by Gasteiger charge is -2.19. The minimum atomic E-state index is -0.208. The normalized spacial score (nSPS) is 20.8. The second-order valence-electron chi connectivity index (χ2n) is 6.76. The van der Waals surface area contributed by atoms with E-state index in [9.17, 15) is 9.59 Å². The highest BCUT2D eigenvalue weighted by atomic mass is 16.5. The molecule has 24 heavy (non-hydrogen) atoms. The number of aryl methyl sites for hydroxylation is 1. The standard InChI is InChI=1S/C20H17NO3/c22-19-16-5-1-2-6-17(16)20(23)21(19)11-14-10-13-9-8-12-4-3-7-15(12)18(13)24-14/h1-2,5-6,8-9,14H,3-4,7,10-11H2. The van der Waals surface area contributed by atoms with Crippen LogP contribution in [0.4, 0.5) is 0 Å². The molecule has 0 radical (unpaired) electrons. The quantitative estimate of drug-likeness (QED) is 0.800. The van der Waals surface area contributed by atoms with Gasteiger partial charge in [0.15, 0.2) is 0 Å². The molecule has 0 N–H and O–H groups in total. The van der Waals surface area contributed by atoms with E-state index in [1.807, 2.05) is 0 Å². The predicted molar refractivity (Wildman–Crippen MR) is 88.4 cm³/mol. The highest BCUT2D eigenvalue weighted by Gasteiger charge is 2.38. The summed E-state index contributed by atoms with van der Waals surface area (Å²) in [6.07, 6.45) is 3.98.